The maximum atomic E-state index is 4.59. The van der Waals surface area contributed by atoms with Gasteiger partial charge in [0.05, 0.1) is 5.52 Å². The molecule has 0 unspecified atom stereocenters. The maximum absolute atomic E-state index is 4.59. The van der Waals surface area contributed by atoms with Crippen LogP contribution in [0.15, 0.2) is 30.3 Å². The number of anilines is 2. The smallest absolute Gasteiger partial charge is 0.126 e. The largest absolute Gasteiger partial charge is 0.372 e. The highest BCUT2D eigenvalue weighted by Gasteiger charge is 2.04. The van der Waals surface area contributed by atoms with Crippen LogP contribution in [0.5, 0.6) is 0 Å². The van der Waals surface area contributed by atoms with Crippen LogP contribution in [0.2, 0.25) is 0 Å². The maximum Gasteiger partial charge on any atom is 0.126 e. The van der Waals surface area contributed by atoms with E-state index in [1.165, 1.54) is 11.1 Å². The van der Waals surface area contributed by atoms with Gasteiger partial charge < -0.3 is 10.2 Å². The van der Waals surface area contributed by atoms with Gasteiger partial charge in [0.1, 0.15) is 5.82 Å². The van der Waals surface area contributed by atoms with Crippen LogP contribution in [0.1, 0.15) is 20.8 Å². The van der Waals surface area contributed by atoms with Crippen LogP contribution in [0.25, 0.3) is 10.9 Å². The van der Waals surface area contributed by atoms with E-state index >= 15 is 0 Å². The first kappa shape index (κ1) is 12.7. The minimum Gasteiger partial charge on any atom is -0.372 e. The van der Waals surface area contributed by atoms with Crippen LogP contribution >= 0.6 is 0 Å². The number of pyridine rings is 1. The Hall–Kier alpha value is -1.77. The molecule has 0 saturated heterocycles. The quantitative estimate of drug-likeness (QED) is 0.871. The summed E-state index contributed by atoms with van der Waals surface area (Å²) in [5.41, 5.74) is 2.31. The molecule has 3 nitrogen and oxygen atoms in total. The molecule has 0 saturated carbocycles. The standard InChI is InChI=1S/C15H21N3/c1-4-16-15-10-7-12-11-13(18(5-2)6-3)8-9-14(12)17-15/h7-11H,4-6H2,1-3H3,(H,16,17). The van der Waals surface area contributed by atoms with Gasteiger partial charge in [0.25, 0.3) is 0 Å². The van der Waals surface area contributed by atoms with E-state index in [2.05, 4.69) is 60.2 Å². The van der Waals surface area contributed by atoms with Gasteiger partial charge in [-0.2, -0.15) is 0 Å². The minimum absolute atomic E-state index is 0.899. The third kappa shape index (κ3) is 2.55. The zero-order chi connectivity index (χ0) is 13.0. The van der Waals surface area contributed by atoms with E-state index in [9.17, 15) is 0 Å². The molecule has 0 bridgehead atoms. The number of rotatable bonds is 5. The Labute approximate surface area is 109 Å². The average Bonchev–Trinajstić information content (AvgIpc) is 2.40. The number of hydrogen-bond acceptors (Lipinski definition) is 3. The number of aromatic nitrogens is 1. The molecule has 0 spiro atoms. The second-order valence-corrected chi connectivity index (χ2v) is 4.28. The van der Waals surface area contributed by atoms with Crippen LogP contribution in [-0.2, 0) is 0 Å². The van der Waals surface area contributed by atoms with Crippen molar-refractivity contribution >= 4 is 22.4 Å². The first-order valence-electron chi connectivity index (χ1n) is 6.68. The average molecular weight is 243 g/mol. The third-order valence-corrected chi connectivity index (χ3v) is 3.16. The summed E-state index contributed by atoms with van der Waals surface area (Å²) >= 11 is 0. The lowest BCUT2D eigenvalue weighted by molar-refractivity contribution is 0.867. The number of nitrogens with one attached hydrogen (secondary N) is 1. The topological polar surface area (TPSA) is 28.2 Å². The van der Waals surface area contributed by atoms with E-state index in [0.717, 1.165) is 31.0 Å². The van der Waals surface area contributed by atoms with Gasteiger partial charge in [0, 0.05) is 30.7 Å². The lowest BCUT2D eigenvalue weighted by atomic mass is 10.2. The molecule has 0 fully saturated rings. The van der Waals surface area contributed by atoms with Crippen molar-refractivity contribution in [3.63, 3.8) is 0 Å². The summed E-state index contributed by atoms with van der Waals surface area (Å²) in [5.74, 6) is 0.945. The van der Waals surface area contributed by atoms with Crippen LogP contribution in [0.3, 0.4) is 0 Å². The predicted molar refractivity (Wildman–Crippen MR) is 79.5 cm³/mol. The normalized spacial score (nSPS) is 10.6. The van der Waals surface area contributed by atoms with Crippen molar-refractivity contribution in [1.82, 2.24) is 4.98 Å². The number of fused-ring (bicyclic) bond motifs is 1. The van der Waals surface area contributed by atoms with Crippen LogP contribution in [0, 0.1) is 0 Å². The van der Waals surface area contributed by atoms with E-state index in [1.807, 2.05) is 6.07 Å². The number of benzene rings is 1. The Morgan fingerprint density at radius 3 is 2.50 bits per heavy atom. The van der Waals surface area contributed by atoms with Gasteiger partial charge in [-0.1, -0.05) is 0 Å². The molecule has 0 atom stereocenters. The molecule has 0 amide bonds. The Morgan fingerprint density at radius 2 is 1.83 bits per heavy atom. The van der Waals surface area contributed by atoms with Crippen molar-refractivity contribution < 1.29 is 0 Å². The monoisotopic (exact) mass is 243 g/mol. The van der Waals surface area contributed by atoms with Crippen molar-refractivity contribution in [2.75, 3.05) is 29.9 Å². The molecule has 0 aliphatic carbocycles. The van der Waals surface area contributed by atoms with Gasteiger partial charge in [0.2, 0.25) is 0 Å². The zero-order valence-electron chi connectivity index (χ0n) is 11.4. The molecule has 0 aliphatic heterocycles. The molecule has 18 heavy (non-hydrogen) atoms. The van der Waals surface area contributed by atoms with Crippen molar-refractivity contribution in [1.29, 1.82) is 0 Å². The molecule has 0 aliphatic rings. The molecule has 1 aromatic heterocycles. The summed E-state index contributed by atoms with van der Waals surface area (Å²) < 4.78 is 0. The number of nitrogens with zero attached hydrogens (tertiary/aromatic N) is 2. The SMILES string of the molecule is CCNc1ccc2cc(N(CC)CC)ccc2n1. The Balaban J connectivity index is 2.37. The molecule has 3 heteroatoms. The van der Waals surface area contributed by atoms with Crippen molar-refractivity contribution in [3.8, 4) is 0 Å². The molecular weight excluding hydrogens is 222 g/mol. The van der Waals surface area contributed by atoms with Gasteiger partial charge in [-0.15, -0.1) is 0 Å². The summed E-state index contributed by atoms with van der Waals surface area (Å²) in [6.07, 6.45) is 0. The van der Waals surface area contributed by atoms with Gasteiger partial charge in [-0.3, -0.25) is 0 Å². The highest BCUT2D eigenvalue weighted by atomic mass is 15.1. The molecular formula is C15H21N3. The van der Waals surface area contributed by atoms with E-state index in [1.54, 1.807) is 0 Å². The second kappa shape index (κ2) is 5.71. The Kier molecular flexibility index (Phi) is 4.03. The minimum atomic E-state index is 0.899. The first-order chi connectivity index (χ1) is 8.78. The van der Waals surface area contributed by atoms with E-state index in [0.29, 0.717) is 0 Å². The molecule has 2 rings (SSSR count). The first-order valence-corrected chi connectivity index (χ1v) is 6.68. The Bertz CT molecular complexity index is 518. The predicted octanol–water partition coefficient (Wildman–Crippen LogP) is 3.51. The Morgan fingerprint density at radius 1 is 1.06 bits per heavy atom. The summed E-state index contributed by atoms with van der Waals surface area (Å²) in [7, 11) is 0. The summed E-state index contributed by atoms with van der Waals surface area (Å²) in [6.45, 7) is 9.40. The highest BCUT2D eigenvalue weighted by molar-refractivity contribution is 5.84. The molecule has 0 radical (unpaired) electrons. The van der Waals surface area contributed by atoms with Gasteiger partial charge in [-0.05, 0) is 51.1 Å². The lowest BCUT2D eigenvalue weighted by Crippen LogP contribution is -2.21. The zero-order valence-corrected chi connectivity index (χ0v) is 11.4. The third-order valence-electron chi connectivity index (χ3n) is 3.16. The van der Waals surface area contributed by atoms with Gasteiger partial charge >= 0.3 is 0 Å². The van der Waals surface area contributed by atoms with Crippen molar-refractivity contribution in [2.45, 2.75) is 20.8 Å². The summed E-state index contributed by atoms with van der Waals surface area (Å²) in [6, 6.07) is 10.6. The fourth-order valence-electron chi connectivity index (χ4n) is 2.18. The lowest BCUT2D eigenvalue weighted by Gasteiger charge is -2.21. The second-order valence-electron chi connectivity index (χ2n) is 4.28. The van der Waals surface area contributed by atoms with Crippen LogP contribution in [-0.4, -0.2) is 24.6 Å². The molecule has 96 valence electrons. The van der Waals surface area contributed by atoms with E-state index in [4.69, 9.17) is 0 Å². The highest BCUT2D eigenvalue weighted by Crippen LogP contribution is 2.22. The molecule has 1 N–H and O–H groups in total. The van der Waals surface area contributed by atoms with Crippen molar-refractivity contribution in [3.05, 3.63) is 30.3 Å². The summed E-state index contributed by atoms with van der Waals surface area (Å²) in [4.78, 5) is 6.93. The van der Waals surface area contributed by atoms with Gasteiger partial charge in [-0.25, -0.2) is 4.98 Å². The van der Waals surface area contributed by atoms with Crippen molar-refractivity contribution in [2.24, 2.45) is 0 Å². The van der Waals surface area contributed by atoms with E-state index in [-0.39, 0.29) is 0 Å². The fourth-order valence-corrected chi connectivity index (χ4v) is 2.18. The molecule has 1 heterocycles. The van der Waals surface area contributed by atoms with Crippen LogP contribution in [0.4, 0.5) is 11.5 Å². The van der Waals surface area contributed by atoms with Crippen LogP contribution < -0.4 is 10.2 Å². The number of hydrogen-bond donors (Lipinski definition) is 1. The van der Waals surface area contributed by atoms with Gasteiger partial charge in [0.15, 0.2) is 0 Å². The van der Waals surface area contributed by atoms with E-state index < -0.39 is 0 Å². The fraction of sp³-hybridized carbons (Fsp3) is 0.400. The molecule has 2 aromatic rings. The summed E-state index contributed by atoms with van der Waals surface area (Å²) in [5, 5.41) is 4.43. The molecule has 1 aromatic carbocycles.